The van der Waals surface area contributed by atoms with Crippen molar-refractivity contribution in [1.82, 2.24) is 19.5 Å². The van der Waals surface area contributed by atoms with Gasteiger partial charge in [0.25, 0.3) is 0 Å². The molecule has 6 nitrogen and oxygen atoms in total. The van der Waals surface area contributed by atoms with Crippen molar-refractivity contribution >= 4 is 11.6 Å². The summed E-state index contributed by atoms with van der Waals surface area (Å²) >= 11 is 0. The van der Waals surface area contributed by atoms with E-state index in [-0.39, 0.29) is 11.6 Å². The molecule has 2 aromatic rings. The van der Waals surface area contributed by atoms with Crippen LogP contribution in [0.15, 0.2) is 18.3 Å². The van der Waals surface area contributed by atoms with Crippen molar-refractivity contribution in [2.75, 3.05) is 13.6 Å². The average molecular weight is 246 g/mol. The van der Waals surface area contributed by atoms with Gasteiger partial charge in [-0.3, -0.25) is 4.90 Å². The smallest absolute Gasteiger partial charge is 0.337 e. The van der Waals surface area contributed by atoms with Crippen LogP contribution in [0.2, 0.25) is 0 Å². The molecule has 2 aromatic heterocycles. The van der Waals surface area contributed by atoms with Crippen LogP contribution in [0.5, 0.6) is 0 Å². The van der Waals surface area contributed by atoms with Gasteiger partial charge in [0, 0.05) is 6.20 Å². The number of fused-ring (bicyclic) bond motifs is 1. The van der Waals surface area contributed by atoms with Crippen LogP contribution in [0.25, 0.3) is 5.65 Å². The second kappa shape index (κ2) is 4.06. The summed E-state index contributed by atoms with van der Waals surface area (Å²) in [6.45, 7) is 1.06. The zero-order valence-electron chi connectivity index (χ0n) is 10.1. The summed E-state index contributed by atoms with van der Waals surface area (Å²) in [5, 5.41) is 13.3. The van der Waals surface area contributed by atoms with Crippen LogP contribution >= 0.6 is 0 Å². The van der Waals surface area contributed by atoms with Crippen LogP contribution in [0, 0.1) is 0 Å². The minimum absolute atomic E-state index is 0.221. The van der Waals surface area contributed by atoms with Crippen molar-refractivity contribution < 1.29 is 9.90 Å². The van der Waals surface area contributed by atoms with E-state index < -0.39 is 5.97 Å². The Morgan fingerprint density at radius 2 is 2.33 bits per heavy atom. The maximum absolute atomic E-state index is 10.9. The van der Waals surface area contributed by atoms with Gasteiger partial charge in [0.15, 0.2) is 11.5 Å². The van der Waals surface area contributed by atoms with E-state index in [9.17, 15) is 4.79 Å². The van der Waals surface area contributed by atoms with Crippen molar-refractivity contribution in [3.63, 3.8) is 0 Å². The Balaban J connectivity index is 2.02. The van der Waals surface area contributed by atoms with Crippen LogP contribution in [-0.4, -0.2) is 44.2 Å². The summed E-state index contributed by atoms with van der Waals surface area (Å²) in [7, 11) is 2.06. The summed E-state index contributed by atoms with van der Waals surface area (Å²) in [5.41, 5.74) is 0.911. The zero-order chi connectivity index (χ0) is 12.7. The molecule has 94 valence electrons. The van der Waals surface area contributed by atoms with Crippen molar-refractivity contribution in [2.24, 2.45) is 0 Å². The molecule has 3 rings (SSSR count). The monoisotopic (exact) mass is 246 g/mol. The molecule has 0 radical (unpaired) electrons. The molecule has 1 aliphatic rings. The van der Waals surface area contributed by atoms with Gasteiger partial charge in [-0.1, -0.05) is 0 Å². The third kappa shape index (κ3) is 1.74. The average Bonchev–Trinajstić information content (AvgIpc) is 2.92. The quantitative estimate of drug-likeness (QED) is 0.862. The Bertz CT molecular complexity index is 607. The highest BCUT2D eigenvalue weighted by Crippen LogP contribution is 2.28. The molecule has 18 heavy (non-hydrogen) atoms. The predicted molar refractivity (Wildman–Crippen MR) is 64.6 cm³/mol. The van der Waals surface area contributed by atoms with Crippen LogP contribution in [0.4, 0.5) is 0 Å². The minimum atomic E-state index is -0.952. The summed E-state index contributed by atoms with van der Waals surface area (Å²) in [4.78, 5) is 17.6. The number of hydrogen-bond acceptors (Lipinski definition) is 4. The lowest BCUT2D eigenvalue weighted by Gasteiger charge is -2.15. The van der Waals surface area contributed by atoms with E-state index in [4.69, 9.17) is 5.11 Å². The van der Waals surface area contributed by atoms with Crippen LogP contribution in [-0.2, 0) is 0 Å². The maximum Gasteiger partial charge on any atom is 0.337 e. The molecule has 1 unspecified atom stereocenters. The Labute approximate surface area is 104 Å². The van der Waals surface area contributed by atoms with Crippen molar-refractivity contribution in [3.8, 4) is 0 Å². The molecule has 0 saturated carbocycles. The first-order valence-electron chi connectivity index (χ1n) is 5.95. The van der Waals surface area contributed by atoms with Crippen molar-refractivity contribution in [1.29, 1.82) is 0 Å². The van der Waals surface area contributed by atoms with Crippen LogP contribution in [0.3, 0.4) is 0 Å². The molecule has 0 bridgehead atoms. The minimum Gasteiger partial charge on any atom is -0.478 e. The fraction of sp³-hybridized carbons (Fsp3) is 0.417. The molecular formula is C12H14N4O2. The van der Waals surface area contributed by atoms with Crippen LogP contribution in [0.1, 0.15) is 35.1 Å². The van der Waals surface area contributed by atoms with Gasteiger partial charge in [-0.25, -0.2) is 14.3 Å². The number of carbonyl (C=O) groups is 1. The summed E-state index contributed by atoms with van der Waals surface area (Å²) in [5.74, 6) is -0.176. The molecule has 6 heteroatoms. The number of rotatable bonds is 2. The molecule has 3 heterocycles. The standard InChI is InChI=1S/C12H14N4O2/c1-15-6-2-3-9(15)11-13-10-5-4-8(12(17)18)7-16(10)14-11/h4-5,7,9H,2-3,6H2,1H3,(H,17,18). The molecule has 1 N–H and O–H groups in total. The first kappa shape index (κ1) is 11.2. The molecule has 1 atom stereocenters. The number of pyridine rings is 1. The van der Waals surface area contributed by atoms with E-state index in [2.05, 4.69) is 22.0 Å². The van der Waals surface area contributed by atoms with E-state index in [1.165, 1.54) is 6.20 Å². The largest absolute Gasteiger partial charge is 0.478 e. The first-order valence-corrected chi connectivity index (χ1v) is 5.95. The van der Waals surface area contributed by atoms with Gasteiger partial charge >= 0.3 is 5.97 Å². The number of carboxylic acids is 1. The molecule has 1 saturated heterocycles. The number of likely N-dealkylation sites (tertiary alicyclic amines) is 1. The highest BCUT2D eigenvalue weighted by Gasteiger charge is 2.26. The van der Waals surface area contributed by atoms with Gasteiger partial charge in [0.05, 0.1) is 11.6 Å². The number of aromatic nitrogens is 3. The maximum atomic E-state index is 10.9. The lowest BCUT2D eigenvalue weighted by Crippen LogP contribution is -2.18. The topological polar surface area (TPSA) is 70.7 Å². The van der Waals surface area contributed by atoms with Crippen LogP contribution < -0.4 is 0 Å². The Morgan fingerprint density at radius 3 is 3.00 bits per heavy atom. The molecule has 1 fully saturated rings. The first-order chi connectivity index (χ1) is 8.65. The van der Waals surface area contributed by atoms with Gasteiger partial charge in [-0.2, -0.15) is 0 Å². The van der Waals surface area contributed by atoms with E-state index in [0.29, 0.717) is 5.65 Å². The molecule has 0 spiro atoms. The second-order valence-electron chi connectivity index (χ2n) is 4.63. The highest BCUT2D eigenvalue weighted by molar-refractivity contribution is 5.87. The Kier molecular flexibility index (Phi) is 2.52. The summed E-state index contributed by atoms with van der Waals surface area (Å²) in [6, 6.07) is 3.49. The third-order valence-electron chi connectivity index (χ3n) is 3.41. The van der Waals surface area contributed by atoms with Crippen molar-refractivity contribution in [2.45, 2.75) is 18.9 Å². The highest BCUT2D eigenvalue weighted by atomic mass is 16.4. The van der Waals surface area contributed by atoms with E-state index in [1.807, 2.05) is 0 Å². The number of carboxylic acid groups (broad SMARTS) is 1. The third-order valence-corrected chi connectivity index (χ3v) is 3.41. The molecule has 0 aromatic carbocycles. The zero-order valence-corrected chi connectivity index (χ0v) is 10.1. The fourth-order valence-corrected chi connectivity index (χ4v) is 2.40. The number of aromatic carboxylic acids is 1. The van der Waals surface area contributed by atoms with Gasteiger partial charge < -0.3 is 5.11 Å². The van der Waals surface area contributed by atoms with Crippen molar-refractivity contribution in [3.05, 3.63) is 29.7 Å². The lowest BCUT2D eigenvalue weighted by molar-refractivity contribution is 0.0696. The van der Waals surface area contributed by atoms with E-state index in [0.717, 1.165) is 25.2 Å². The van der Waals surface area contributed by atoms with Gasteiger partial charge in [-0.05, 0) is 38.6 Å². The Morgan fingerprint density at radius 1 is 1.50 bits per heavy atom. The lowest BCUT2D eigenvalue weighted by atomic mass is 10.2. The van der Waals surface area contributed by atoms with Gasteiger partial charge in [-0.15, -0.1) is 5.10 Å². The van der Waals surface area contributed by atoms with Gasteiger partial charge in [0.1, 0.15) is 0 Å². The van der Waals surface area contributed by atoms with Gasteiger partial charge in [0.2, 0.25) is 0 Å². The van der Waals surface area contributed by atoms with E-state index in [1.54, 1.807) is 16.6 Å². The summed E-state index contributed by atoms with van der Waals surface area (Å²) in [6.07, 6.45) is 3.71. The SMILES string of the molecule is CN1CCCC1c1nc2ccc(C(=O)O)cn2n1. The number of nitrogens with zero attached hydrogens (tertiary/aromatic N) is 4. The Hall–Kier alpha value is -1.95. The molecule has 1 aliphatic heterocycles. The second-order valence-corrected chi connectivity index (χ2v) is 4.63. The normalized spacial score (nSPS) is 20.6. The summed E-state index contributed by atoms with van der Waals surface area (Å²) < 4.78 is 1.55. The molecule has 0 amide bonds. The fourth-order valence-electron chi connectivity index (χ4n) is 2.40. The van der Waals surface area contributed by atoms with E-state index >= 15 is 0 Å². The number of hydrogen-bond donors (Lipinski definition) is 1. The molecular weight excluding hydrogens is 232 g/mol. The molecule has 0 aliphatic carbocycles. The predicted octanol–water partition coefficient (Wildman–Crippen LogP) is 1.19.